The van der Waals surface area contributed by atoms with Gasteiger partial charge in [0.25, 0.3) is 0 Å². The minimum Gasteiger partial charge on any atom is -0.497 e. The van der Waals surface area contributed by atoms with Gasteiger partial charge in [-0.3, -0.25) is 14.9 Å². The van der Waals surface area contributed by atoms with Gasteiger partial charge in [-0.2, -0.15) is 5.10 Å². The van der Waals surface area contributed by atoms with Crippen LogP contribution in [0.2, 0.25) is 5.02 Å². The van der Waals surface area contributed by atoms with Gasteiger partial charge in [-0.05, 0) is 43.7 Å². The van der Waals surface area contributed by atoms with Crippen molar-refractivity contribution in [2.75, 3.05) is 20.3 Å². The quantitative estimate of drug-likeness (QED) is 0.345. The summed E-state index contributed by atoms with van der Waals surface area (Å²) in [4.78, 5) is 23.0. The first kappa shape index (κ1) is 23.0. The third kappa shape index (κ3) is 6.08. The summed E-state index contributed by atoms with van der Waals surface area (Å²) in [5.74, 6) is 0.449. The van der Waals surface area contributed by atoms with E-state index in [2.05, 4.69) is 10.5 Å². The van der Waals surface area contributed by atoms with Crippen molar-refractivity contribution in [2.45, 2.75) is 20.3 Å². The van der Waals surface area contributed by atoms with E-state index in [1.54, 1.807) is 38.1 Å². The molecule has 0 heterocycles. The molecule has 1 amide bonds. The molecule has 1 N–H and O–H groups in total. The summed E-state index contributed by atoms with van der Waals surface area (Å²) >= 11 is 6.10. The minimum atomic E-state index is -0.561. The fourth-order valence-electron chi connectivity index (χ4n) is 2.58. The van der Waals surface area contributed by atoms with Crippen LogP contribution in [0.1, 0.15) is 25.0 Å². The van der Waals surface area contributed by atoms with Crippen molar-refractivity contribution in [3.05, 3.63) is 56.6 Å². The van der Waals surface area contributed by atoms with Crippen LogP contribution in [0.25, 0.3) is 0 Å². The van der Waals surface area contributed by atoms with Crippen molar-refractivity contribution in [1.82, 2.24) is 5.43 Å². The molecule has 2 aromatic carbocycles. The number of nitro groups is 1. The predicted octanol–water partition coefficient (Wildman–Crippen LogP) is 3.75. The fourth-order valence-corrected chi connectivity index (χ4v) is 2.76. The van der Waals surface area contributed by atoms with E-state index < -0.39 is 10.8 Å². The van der Waals surface area contributed by atoms with Gasteiger partial charge in [0.05, 0.1) is 37.9 Å². The first-order chi connectivity index (χ1) is 14.4. The van der Waals surface area contributed by atoms with Gasteiger partial charge in [-0.15, -0.1) is 0 Å². The lowest BCUT2D eigenvalue weighted by Crippen LogP contribution is -2.20. The van der Waals surface area contributed by atoms with E-state index in [-0.39, 0.29) is 30.2 Å². The Balaban J connectivity index is 2.17. The van der Waals surface area contributed by atoms with Gasteiger partial charge < -0.3 is 14.2 Å². The molecule has 0 aliphatic carbocycles. The molecule has 0 saturated carbocycles. The minimum absolute atomic E-state index is 0.0129. The first-order valence-corrected chi connectivity index (χ1v) is 9.49. The SMILES string of the molecule is CCOc1cc(/C=N/NC(=O)Cc2cc(OC)ccc2Cl)cc([N+](=O)[O-])c1OCC. The molecule has 2 rings (SSSR count). The van der Waals surface area contributed by atoms with Crippen LogP contribution < -0.4 is 19.6 Å². The lowest BCUT2D eigenvalue weighted by atomic mass is 10.1. The Morgan fingerprint density at radius 2 is 1.97 bits per heavy atom. The maximum atomic E-state index is 12.2. The molecular weight excluding hydrogens is 414 g/mol. The number of nitrogens with zero attached hydrogens (tertiary/aromatic N) is 2. The Labute approximate surface area is 178 Å². The van der Waals surface area contributed by atoms with Crippen molar-refractivity contribution >= 4 is 29.4 Å². The zero-order valence-electron chi connectivity index (χ0n) is 16.8. The first-order valence-electron chi connectivity index (χ1n) is 9.11. The average molecular weight is 436 g/mol. The number of carbonyl (C=O) groups excluding carboxylic acids is 1. The molecule has 0 unspecified atom stereocenters. The smallest absolute Gasteiger partial charge is 0.315 e. The highest BCUT2D eigenvalue weighted by atomic mass is 35.5. The Morgan fingerprint density at radius 1 is 1.23 bits per heavy atom. The summed E-state index contributed by atoms with van der Waals surface area (Å²) in [6.07, 6.45) is 1.28. The number of carbonyl (C=O) groups is 1. The number of ether oxygens (including phenoxy) is 3. The van der Waals surface area contributed by atoms with Gasteiger partial charge in [-0.25, -0.2) is 5.43 Å². The number of nitrogens with one attached hydrogen (secondary N) is 1. The van der Waals surface area contributed by atoms with Gasteiger partial charge in [0.2, 0.25) is 11.7 Å². The van der Waals surface area contributed by atoms with E-state index in [9.17, 15) is 14.9 Å². The number of amides is 1. The topological polar surface area (TPSA) is 112 Å². The van der Waals surface area contributed by atoms with Gasteiger partial charge >= 0.3 is 5.69 Å². The van der Waals surface area contributed by atoms with Crippen molar-refractivity contribution < 1.29 is 23.9 Å². The van der Waals surface area contributed by atoms with E-state index >= 15 is 0 Å². The van der Waals surface area contributed by atoms with E-state index in [0.29, 0.717) is 28.5 Å². The molecular formula is C20H22ClN3O6. The second kappa shape index (κ2) is 11.0. The maximum absolute atomic E-state index is 12.2. The maximum Gasteiger partial charge on any atom is 0.315 e. The molecule has 0 radical (unpaired) electrons. The predicted molar refractivity (Wildman–Crippen MR) is 113 cm³/mol. The zero-order valence-corrected chi connectivity index (χ0v) is 17.6. The molecule has 0 aliphatic rings. The van der Waals surface area contributed by atoms with E-state index in [4.69, 9.17) is 25.8 Å². The van der Waals surface area contributed by atoms with Crippen LogP contribution in [-0.2, 0) is 11.2 Å². The van der Waals surface area contributed by atoms with Gasteiger partial charge in [0.1, 0.15) is 5.75 Å². The molecule has 0 bridgehead atoms. The van der Waals surface area contributed by atoms with E-state index in [1.807, 2.05) is 0 Å². The molecule has 0 spiro atoms. The van der Waals surface area contributed by atoms with Gasteiger partial charge in [0.15, 0.2) is 5.75 Å². The number of benzene rings is 2. The van der Waals surface area contributed by atoms with Crippen molar-refractivity contribution in [2.24, 2.45) is 5.10 Å². The monoisotopic (exact) mass is 435 g/mol. The fraction of sp³-hybridized carbons (Fsp3) is 0.300. The number of hydrogen-bond donors (Lipinski definition) is 1. The molecule has 10 heteroatoms. The number of hydrogen-bond acceptors (Lipinski definition) is 7. The van der Waals surface area contributed by atoms with Crippen LogP contribution in [0.4, 0.5) is 5.69 Å². The van der Waals surface area contributed by atoms with E-state index in [0.717, 1.165) is 0 Å². The lowest BCUT2D eigenvalue weighted by molar-refractivity contribution is -0.385. The second-order valence-electron chi connectivity index (χ2n) is 5.92. The number of methoxy groups -OCH3 is 1. The average Bonchev–Trinajstić information content (AvgIpc) is 2.71. The van der Waals surface area contributed by atoms with E-state index in [1.165, 1.54) is 19.4 Å². The zero-order chi connectivity index (χ0) is 22.1. The van der Waals surface area contributed by atoms with Crippen molar-refractivity contribution in [1.29, 1.82) is 0 Å². The Bertz CT molecular complexity index is 948. The van der Waals surface area contributed by atoms with Crippen LogP contribution in [0.5, 0.6) is 17.2 Å². The molecule has 0 aromatic heterocycles. The summed E-state index contributed by atoms with van der Waals surface area (Å²) in [5, 5.41) is 15.7. The standard InChI is InChI=1S/C20H22ClN3O6/c1-4-29-18-9-13(8-17(24(26)27)20(18)30-5-2)12-22-23-19(25)11-14-10-15(28-3)6-7-16(14)21/h6-10,12H,4-5,11H2,1-3H3,(H,23,25)/b22-12+. The normalized spacial score (nSPS) is 10.7. The third-order valence-corrected chi connectivity index (χ3v) is 4.22. The number of rotatable bonds is 10. The lowest BCUT2D eigenvalue weighted by Gasteiger charge is -2.11. The Kier molecular flexibility index (Phi) is 8.42. The van der Waals surface area contributed by atoms with Crippen LogP contribution in [0, 0.1) is 10.1 Å². The van der Waals surface area contributed by atoms with Crippen LogP contribution in [0.3, 0.4) is 0 Å². The third-order valence-electron chi connectivity index (χ3n) is 3.85. The highest BCUT2D eigenvalue weighted by Crippen LogP contribution is 2.38. The molecule has 2 aromatic rings. The molecule has 0 aliphatic heterocycles. The van der Waals surface area contributed by atoms with Crippen molar-refractivity contribution in [3.63, 3.8) is 0 Å². The number of nitro benzene ring substituents is 1. The highest BCUT2D eigenvalue weighted by Gasteiger charge is 2.22. The summed E-state index contributed by atoms with van der Waals surface area (Å²) in [6.45, 7) is 4.03. The Hall–Kier alpha value is -3.33. The molecule has 0 fully saturated rings. The second-order valence-corrected chi connectivity index (χ2v) is 6.32. The van der Waals surface area contributed by atoms with Crippen LogP contribution >= 0.6 is 11.6 Å². The van der Waals surface area contributed by atoms with Gasteiger partial charge in [-0.1, -0.05) is 11.6 Å². The van der Waals surface area contributed by atoms with Gasteiger partial charge in [0, 0.05) is 16.7 Å². The van der Waals surface area contributed by atoms with Crippen molar-refractivity contribution in [3.8, 4) is 17.2 Å². The largest absolute Gasteiger partial charge is 0.497 e. The molecule has 0 atom stereocenters. The Morgan fingerprint density at radius 3 is 2.60 bits per heavy atom. The number of halogens is 1. The molecule has 160 valence electrons. The van der Waals surface area contributed by atoms with Crippen LogP contribution in [-0.4, -0.2) is 37.4 Å². The summed E-state index contributed by atoms with van der Waals surface area (Å²) in [5.41, 5.74) is 3.07. The summed E-state index contributed by atoms with van der Waals surface area (Å²) in [7, 11) is 1.52. The number of hydrazone groups is 1. The molecule has 0 saturated heterocycles. The van der Waals surface area contributed by atoms with Crippen LogP contribution in [0.15, 0.2) is 35.4 Å². The highest BCUT2D eigenvalue weighted by molar-refractivity contribution is 6.31. The summed E-state index contributed by atoms with van der Waals surface area (Å²) in [6, 6.07) is 7.84. The molecule has 30 heavy (non-hydrogen) atoms. The summed E-state index contributed by atoms with van der Waals surface area (Å²) < 4.78 is 16.0. The molecule has 9 nitrogen and oxygen atoms in total.